The molecule has 0 aromatic rings. The molecule has 0 amide bonds. The average Bonchev–Trinajstić information content (AvgIpc) is 2.40. The Labute approximate surface area is 105 Å². The van der Waals surface area contributed by atoms with Crippen LogP contribution in [0, 0.1) is 5.92 Å². The lowest BCUT2D eigenvalue weighted by Crippen LogP contribution is -2.44. The zero-order valence-electron chi connectivity index (χ0n) is 11.2. The lowest BCUT2D eigenvalue weighted by molar-refractivity contribution is 0.249. The normalized spacial score (nSPS) is 28.4. The van der Waals surface area contributed by atoms with Gasteiger partial charge in [-0.05, 0) is 31.6 Å². The number of hydrogen-bond acceptors (Lipinski definition) is 1. The van der Waals surface area contributed by atoms with Gasteiger partial charge in [-0.3, -0.25) is 0 Å². The Morgan fingerprint density at radius 1 is 1.18 bits per heavy atom. The van der Waals surface area contributed by atoms with E-state index >= 15 is 0 Å². The third kappa shape index (κ3) is 3.62. The van der Waals surface area contributed by atoms with Gasteiger partial charge in [0.15, 0.2) is 5.96 Å². The van der Waals surface area contributed by atoms with Crippen molar-refractivity contribution in [2.75, 3.05) is 13.1 Å². The SMILES string of the molecule is CCC1CCCN(C(N)=NC2CCCCC2)C1. The molecule has 2 rings (SSSR count). The topological polar surface area (TPSA) is 41.6 Å². The van der Waals surface area contributed by atoms with Crippen LogP contribution in [0.25, 0.3) is 0 Å². The molecule has 0 bridgehead atoms. The molecule has 0 aromatic heterocycles. The summed E-state index contributed by atoms with van der Waals surface area (Å²) in [6, 6.07) is 0.505. The van der Waals surface area contributed by atoms with E-state index in [2.05, 4.69) is 11.8 Å². The van der Waals surface area contributed by atoms with Crippen molar-refractivity contribution in [2.45, 2.75) is 64.3 Å². The van der Waals surface area contributed by atoms with Gasteiger partial charge >= 0.3 is 0 Å². The summed E-state index contributed by atoms with van der Waals surface area (Å²) in [5.74, 6) is 1.64. The third-order valence-electron chi connectivity index (χ3n) is 4.31. The molecule has 1 aliphatic carbocycles. The number of guanidine groups is 1. The molecule has 1 saturated carbocycles. The molecule has 2 N–H and O–H groups in total. The number of nitrogens with two attached hydrogens (primary N) is 1. The molecule has 0 radical (unpaired) electrons. The maximum atomic E-state index is 6.17. The van der Waals surface area contributed by atoms with E-state index < -0.39 is 0 Å². The highest BCUT2D eigenvalue weighted by molar-refractivity contribution is 5.78. The van der Waals surface area contributed by atoms with Gasteiger partial charge in [-0.15, -0.1) is 0 Å². The van der Waals surface area contributed by atoms with E-state index in [0.717, 1.165) is 25.0 Å². The van der Waals surface area contributed by atoms with Gasteiger partial charge in [-0.1, -0.05) is 32.6 Å². The average molecular weight is 237 g/mol. The Kier molecular flexibility index (Phi) is 4.69. The summed E-state index contributed by atoms with van der Waals surface area (Å²) in [4.78, 5) is 7.06. The molecular formula is C14H27N3. The van der Waals surface area contributed by atoms with Gasteiger partial charge < -0.3 is 10.6 Å². The second-order valence-corrected chi connectivity index (χ2v) is 5.64. The molecule has 3 heteroatoms. The van der Waals surface area contributed by atoms with Crippen molar-refractivity contribution in [3.63, 3.8) is 0 Å². The van der Waals surface area contributed by atoms with Gasteiger partial charge in [0, 0.05) is 13.1 Å². The minimum atomic E-state index is 0.505. The van der Waals surface area contributed by atoms with E-state index in [9.17, 15) is 0 Å². The lowest BCUT2D eigenvalue weighted by Gasteiger charge is -2.33. The van der Waals surface area contributed by atoms with Gasteiger partial charge in [0.2, 0.25) is 0 Å². The molecule has 1 atom stereocenters. The van der Waals surface area contributed by atoms with Crippen LogP contribution in [0.1, 0.15) is 58.3 Å². The van der Waals surface area contributed by atoms with Crippen molar-refractivity contribution in [1.29, 1.82) is 0 Å². The van der Waals surface area contributed by atoms with Crippen LogP contribution in [0.5, 0.6) is 0 Å². The molecular weight excluding hydrogens is 210 g/mol. The molecule has 17 heavy (non-hydrogen) atoms. The molecule has 2 aliphatic rings. The Bertz CT molecular complexity index is 256. The molecule has 3 nitrogen and oxygen atoms in total. The van der Waals surface area contributed by atoms with Crippen molar-refractivity contribution >= 4 is 5.96 Å². The minimum absolute atomic E-state index is 0.505. The number of hydrogen-bond donors (Lipinski definition) is 1. The first-order chi connectivity index (χ1) is 8.29. The zero-order valence-corrected chi connectivity index (χ0v) is 11.2. The van der Waals surface area contributed by atoms with Crippen LogP contribution >= 0.6 is 0 Å². The smallest absolute Gasteiger partial charge is 0.191 e. The molecule has 1 unspecified atom stereocenters. The quantitative estimate of drug-likeness (QED) is 0.592. The van der Waals surface area contributed by atoms with Crippen molar-refractivity contribution < 1.29 is 0 Å². The number of piperidine rings is 1. The summed E-state index contributed by atoms with van der Waals surface area (Å²) < 4.78 is 0. The van der Waals surface area contributed by atoms with Crippen LogP contribution in [-0.4, -0.2) is 30.0 Å². The minimum Gasteiger partial charge on any atom is -0.370 e. The van der Waals surface area contributed by atoms with Crippen molar-refractivity contribution in [3.8, 4) is 0 Å². The van der Waals surface area contributed by atoms with Crippen molar-refractivity contribution in [1.82, 2.24) is 4.90 Å². The van der Waals surface area contributed by atoms with Gasteiger partial charge in [0.05, 0.1) is 6.04 Å². The molecule has 98 valence electrons. The van der Waals surface area contributed by atoms with E-state index in [-0.39, 0.29) is 0 Å². The Morgan fingerprint density at radius 3 is 2.65 bits per heavy atom. The number of aliphatic imine (C=N–C) groups is 1. The molecule has 1 saturated heterocycles. The highest BCUT2D eigenvalue weighted by atomic mass is 15.3. The first kappa shape index (κ1) is 12.7. The largest absolute Gasteiger partial charge is 0.370 e. The molecule has 1 heterocycles. The van der Waals surface area contributed by atoms with Crippen LogP contribution in [0.15, 0.2) is 4.99 Å². The second-order valence-electron chi connectivity index (χ2n) is 5.64. The second kappa shape index (κ2) is 6.27. The summed E-state index contributed by atoms with van der Waals surface area (Å²) in [5.41, 5.74) is 6.17. The zero-order chi connectivity index (χ0) is 12.1. The molecule has 0 aromatic carbocycles. The highest BCUT2D eigenvalue weighted by Crippen LogP contribution is 2.22. The van der Waals surface area contributed by atoms with E-state index in [1.807, 2.05) is 0 Å². The van der Waals surface area contributed by atoms with E-state index in [4.69, 9.17) is 10.7 Å². The monoisotopic (exact) mass is 237 g/mol. The van der Waals surface area contributed by atoms with Crippen LogP contribution < -0.4 is 5.73 Å². The van der Waals surface area contributed by atoms with Gasteiger partial charge in [0.25, 0.3) is 0 Å². The fraction of sp³-hybridized carbons (Fsp3) is 0.929. The fourth-order valence-corrected chi connectivity index (χ4v) is 3.09. The first-order valence-corrected chi connectivity index (χ1v) is 7.37. The Hall–Kier alpha value is -0.730. The lowest BCUT2D eigenvalue weighted by atomic mass is 9.95. The summed E-state index contributed by atoms with van der Waals surface area (Å²) in [6.07, 6.45) is 10.4. The van der Waals surface area contributed by atoms with Gasteiger partial charge in [-0.2, -0.15) is 0 Å². The van der Waals surface area contributed by atoms with E-state index in [1.54, 1.807) is 0 Å². The van der Waals surface area contributed by atoms with Crippen LogP contribution in [-0.2, 0) is 0 Å². The summed E-state index contributed by atoms with van der Waals surface area (Å²) in [7, 11) is 0. The van der Waals surface area contributed by atoms with E-state index in [0.29, 0.717) is 6.04 Å². The maximum absolute atomic E-state index is 6.17. The number of nitrogens with zero attached hydrogens (tertiary/aromatic N) is 2. The number of rotatable bonds is 2. The van der Waals surface area contributed by atoms with Crippen molar-refractivity contribution in [3.05, 3.63) is 0 Å². The molecule has 1 aliphatic heterocycles. The Morgan fingerprint density at radius 2 is 1.94 bits per heavy atom. The third-order valence-corrected chi connectivity index (χ3v) is 4.31. The number of likely N-dealkylation sites (tertiary alicyclic amines) is 1. The summed E-state index contributed by atoms with van der Waals surface area (Å²) in [6.45, 7) is 4.51. The summed E-state index contributed by atoms with van der Waals surface area (Å²) >= 11 is 0. The Balaban J connectivity index is 1.88. The van der Waals surface area contributed by atoms with Crippen LogP contribution in [0.4, 0.5) is 0 Å². The highest BCUT2D eigenvalue weighted by Gasteiger charge is 2.21. The standard InChI is InChI=1S/C14H27N3/c1-2-12-7-6-10-17(11-12)14(15)16-13-8-4-3-5-9-13/h12-13H,2-11H2,1H3,(H2,15,16). The predicted molar refractivity (Wildman–Crippen MR) is 73.1 cm³/mol. The van der Waals surface area contributed by atoms with Crippen LogP contribution in [0.2, 0.25) is 0 Å². The van der Waals surface area contributed by atoms with E-state index in [1.165, 1.54) is 51.4 Å². The molecule has 2 fully saturated rings. The molecule has 0 spiro atoms. The van der Waals surface area contributed by atoms with Gasteiger partial charge in [-0.25, -0.2) is 4.99 Å². The fourth-order valence-electron chi connectivity index (χ4n) is 3.09. The van der Waals surface area contributed by atoms with Crippen molar-refractivity contribution in [2.24, 2.45) is 16.6 Å². The first-order valence-electron chi connectivity index (χ1n) is 7.37. The van der Waals surface area contributed by atoms with Gasteiger partial charge in [0.1, 0.15) is 0 Å². The predicted octanol–water partition coefficient (Wildman–Crippen LogP) is 2.76. The summed E-state index contributed by atoms with van der Waals surface area (Å²) in [5, 5.41) is 0. The van der Waals surface area contributed by atoms with Crippen LogP contribution in [0.3, 0.4) is 0 Å². The maximum Gasteiger partial charge on any atom is 0.191 e.